The van der Waals surface area contributed by atoms with Gasteiger partial charge < -0.3 is 0 Å². The zero-order chi connectivity index (χ0) is 12.3. The zero-order valence-electron chi connectivity index (χ0n) is 11.6. The summed E-state index contributed by atoms with van der Waals surface area (Å²) in [4.78, 5) is 5.49. The molecule has 0 bridgehead atoms. The molecule has 2 aliphatic rings. The van der Waals surface area contributed by atoms with E-state index in [0.29, 0.717) is 6.04 Å². The van der Waals surface area contributed by atoms with Crippen LogP contribution in [0.5, 0.6) is 0 Å². The fourth-order valence-corrected chi connectivity index (χ4v) is 3.56. The molecule has 0 amide bonds. The maximum Gasteiger partial charge on any atom is 0.0224 e. The minimum Gasteiger partial charge on any atom is -0.298 e. The first-order valence-electron chi connectivity index (χ1n) is 7.37. The fourth-order valence-electron chi connectivity index (χ4n) is 3.56. The lowest BCUT2D eigenvalue weighted by atomic mass is 9.94. The average molecular weight is 236 g/mol. The third-order valence-corrected chi connectivity index (χ3v) is 4.63. The van der Waals surface area contributed by atoms with Gasteiger partial charge in [-0.1, -0.05) is 19.4 Å². The van der Waals surface area contributed by atoms with Gasteiger partial charge >= 0.3 is 0 Å². The Morgan fingerprint density at radius 3 is 2.88 bits per heavy atom. The second-order valence-corrected chi connectivity index (χ2v) is 5.78. The molecule has 0 saturated carbocycles. The maximum absolute atomic E-state index is 3.89. The number of fused-ring (bicyclic) bond motifs is 1. The van der Waals surface area contributed by atoms with Crippen LogP contribution in [0.2, 0.25) is 0 Å². The topological polar surface area (TPSA) is 6.48 Å². The average Bonchev–Trinajstić information content (AvgIpc) is 2.37. The van der Waals surface area contributed by atoms with Crippen molar-refractivity contribution in [3.8, 4) is 0 Å². The Hall–Kier alpha value is -0.340. The van der Waals surface area contributed by atoms with E-state index in [9.17, 15) is 0 Å². The van der Waals surface area contributed by atoms with E-state index in [1.807, 2.05) is 0 Å². The molecule has 3 atom stereocenters. The minimum absolute atomic E-state index is 0.668. The van der Waals surface area contributed by atoms with Crippen LogP contribution in [0, 0.1) is 0 Å². The molecule has 0 spiro atoms. The van der Waals surface area contributed by atoms with E-state index in [1.54, 1.807) is 0 Å². The van der Waals surface area contributed by atoms with E-state index in [1.165, 1.54) is 45.3 Å². The fraction of sp³-hybridized carbons (Fsp3) is 0.867. The molecule has 0 radical (unpaired) electrons. The quantitative estimate of drug-likeness (QED) is 0.693. The van der Waals surface area contributed by atoms with Gasteiger partial charge in [-0.15, -0.1) is 6.58 Å². The van der Waals surface area contributed by atoms with Crippen molar-refractivity contribution in [3.05, 3.63) is 12.7 Å². The molecule has 0 N–H and O–H groups in total. The molecule has 0 aromatic heterocycles. The van der Waals surface area contributed by atoms with Gasteiger partial charge in [0, 0.05) is 31.2 Å². The number of hydrogen-bond donors (Lipinski definition) is 0. The van der Waals surface area contributed by atoms with E-state index in [0.717, 1.165) is 18.5 Å². The summed E-state index contributed by atoms with van der Waals surface area (Å²) >= 11 is 0. The largest absolute Gasteiger partial charge is 0.298 e. The standard InChI is InChI=1S/C15H28N2/c1-4-8-13(3)17-12-15-9-6-7-10-16(15)11-14(17)5-2/h4,13-15H,1,5-12H2,2-3H3. The van der Waals surface area contributed by atoms with Gasteiger partial charge in [-0.25, -0.2) is 0 Å². The van der Waals surface area contributed by atoms with Gasteiger partial charge in [-0.3, -0.25) is 9.80 Å². The molecule has 98 valence electrons. The van der Waals surface area contributed by atoms with E-state index in [4.69, 9.17) is 0 Å². The third kappa shape index (κ3) is 2.92. The van der Waals surface area contributed by atoms with Crippen molar-refractivity contribution < 1.29 is 0 Å². The van der Waals surface area contributed by atoms with Crippen molar-refractivity contribution in [3.63, 3.8) is 0 Å². The van der Waals surface area contributed by atoms with Gasteiger partial charge in [0.1, 0.15) is 0 Å². The van der Waals surface area contributed by atoms with E-state index in [-0.39, 0.29) is 0 Å². The van der Waals surface area contributed by atoms with Crippen LogP contribution in [0.3, 0.4) is 0 Å². The van der Waals surface area contributed by atoms with Crippen molar-refractivity contribution >= 4 is 0 Å². The summed E-state index contributed by atoms with van der Waals surface area (Å²) in [6.45, 7) is 12.5. The molecule has 17 heavy (non-hydrogen) atoms. The smallest absolute Gasteiger partial charge is 0.0224 e. The van der Waals surface area contributed by atoms with Gasteiger partial charge in [-0.2, -0.15) is 0 Å². The Bertz CT molecular complexity index is 251. The van der Waals surface area contributed by atoms with Crippen LogP contribution in [0.15, 0.2) is 12.7 Å². The summed E-state index contributed by atoms with van der Waals surface area (Å²) in [5.41, 5.74) is 0. The number of piperidine rings is 1. The molecular formula is C15H28N2. The summed E-state index contributed by atoms with van der Waals surface area (Å²) in [7, 11) is 0. The number of nitrogens with zero attached hydrogens (tertiary/aromatic N) is 2. The van der Waals surface area contributed by atoms with E-state index < -0.39 is 0 Å². The molecule has 2 rings (SSSR count). The Morgan fingerprint density at radius 2 is 2.18 bits per heavy atom. The molecule has 0 aliphatic carbocycles. The number of piperazine rings is 1. The third-order valence-electron chi connectivity index (χ3n) is 4.63. The van der Waals surface area contributed by atoms with Crippen molar-refractivity contribution in [2.24, 2.45) is 0 Å². The summed E-state index contributed by atoms with van der Waals surface area (Å²) in [6, 6.07) is 2.26. The van der Waals surface area contributed by atoms with Crippen LogP contribution in [-0.2, 0) is 0 Å². The highest BCUT2D eigenvalue weighted by Crippen LogP contribution is 2.27. The highest BCUT2D eigenvalue weighted by atomic mass is 15.3. The monoisotopic (exact) mass is 236 g/mol. The van der Waals surface area contributed by atoms with Crippen LogP contribution in [-0.4, -0.2) is 47.6 Å². The molecule has 2 heterocycles. The van der Waals surface area contributed by atoms with Crippen molar-refractivity contribution in [2.75, 3.05) is 19.6 Å². The van der Waals surface area contributed by atoms with Gasteiger partial charge in [-0.05, 0) is 39.2 Å². The van der Waals surface area contributed by atoms with Gasteiger partial charge in [0.05, 0.1) is 0 Å². The lowest BCUT2D eigenvalue weighted by Crippen LogP contribution is -2.61. The van der Waals surface area contributed by atoms with Crippen molar-refractivity contribution in [2.45, 2.75) is 64.1 Å². The Morgan fingerprint density at radius 1 is 1.35 bits per heavy atom. The van der Waals surface area contributed by atoms with Gasteiger partial charge in [0.2, 0.25) is 0 Å². The highest BCUT2D eigenvalue weighted by molar-refractivity contribution is 4.93. The second-order valence-electron chi connectivity index (χ2n) is 5.78. The molecule has 2 aliphatic heterocycles. The summed E-state index contributed by atoms with van der Waals surface area (Å²) in [5.74, 6) is 0. The summed E-state index contributed by atoms with van der Waals surface area (Å²) in [5, 5.41) is 0. The van der Waals surface area contributed by atoms with Crippen LogP contribution in [0.1, 0.15) is 46.0 Å². The SMILES string of the molecule is C=CCC(C)N1CC2CCCCN2CC1CC. The molecule has 0 aromatic carbocycles. The van der Waals surface area contributed by atoms with Crippen molar-refractivity contribution in [1.29, 1.82) is 0 Å². The number of rotatable bonds is 4. The Labute approximate surface area is 107 Å². The Balaban J connectivity index is 2.01. The number of hydrogen-bond acceptors (Lipinski definition) is 2. The van der Waals surface area contributed by atoms with Crippen LogP contribution in [0.4, 0.5) is 0 Å². The first-order valence-corrected chi connectivity index (χ1v) is 7.37. The summed E-state index contributed by atoms with van der Waals surface area (Å²) in [6.07, 6.45) is 8.74. The summed E-state index contributed by atoms with van der Waals surface area (Å²) < 4.78 is 0. The van der Waals surface area contributed by atoms with Crippen LogP contribution >= 0.6 is 0 Å². The normalized spacial score (nSPS) is 33.1. The first kappa shape index (κ1) is 13.1. The lowest BCUT2D eigenvalue weighted by Gasteiger charge is -2.50. The van der Waals surface area contributed by atoms with Crippen LogP contribution in [0.25, 0.3) is 0 Å². The lowest BCUT2D eigenvalue weighted by molar-refractivity contribution is -0.0110. The van der Waals surface area contributed by atoms with Gasteiger partial charge in [0.15, 0.2) is 0 Å². The minimum atomic E-state index is 0.668. The first-order chi connectivity index (χ1) is 8.26. The van der Waals surface area contributed by atoms with Gasteiger partial charge in [0.25, 0.3) is 0 Å². The molecule has 2 fully saturated rings. The molecule has 2 saturated heterocycles. The van der Waals surface area contributed by atoms with Crippen molar-refractivity contribution in [1.82, 2.24) is 9.80 Å². The predicted octanol–water partition coefficient (Wildman–Crippen LogP) is 2.90. The van der Waals surface area contributed by atoms with E-state index >= 15 is 0 Å². The Kier molecular flexibility index (Phi) is 4.63. The van der Waals surface area contributed by atoms with Crippen LogP contribution < -0.4 is 0 Å². The second kappa shape index (κ2) is 6.01. The zero-order valence-corrected chi connectivity index (χ0v) is 11.6. The maximum atomic E-state index is 3.89. The molecule has 3 unspecified atom stereocenters. The van der Waals surface area contributed by atoms with E-state index in [2.05, 4.69) is 36.3 Å². The predicted molar refractivity (Wildman–Crippen MR) is 74.3 cm³/mol. The molecule has 0 aromatic rings. The molecular weight excluding hydrogens is 208 g/mol. The molecule has 2 heteroatoms. The highest BCUT2D eigenvalue weighted by Gasteiger charge is 2.35. The molecule has 2 nitrogen and oxygen atoms in total.